The summed E-state index contributed by atoms with van der Waals surface area (Å²) >= 11 is 0. The maximum absolute atomic E-state index is 14.3. The number of likely N-dealkylation sites (tertiary alicyclic amines) is 1. The van der Waals surface area contributed by atoms with E-state index in [4.69, 9.17) is 4.74 Å². The fraction of sp³-hybridized carbons (Fsp3) is 0.722. The normalized spacial score (nSPS) is 21.5. The van der Waals surface area contributed by atoms with Gasteiger partial charge < -0.3 is 30.9 Å². The number of urea groups is 1. The van der Waals surface area contributed by atoms with Gasteiger partial charge in [0, 0.05) is 39.1 Å². The Kier molecular flexibility index (Phi) is 13.4. The van der Waals surface area contributed by atoms with Gasteiger partial charge in [-0.05, 0) is 52.2 Å². The molecule has 0 unspecified atom stereocenters. The van der Waals surface area contributed by atoms with Crippen molar-refractivity contribution in [3.63, 3.8) is 0 Å². The molecule has 0 radical (unpaired) electrons. The summed E-state index contributed by atoms with van der Waals surface area (Å²) in [4.78, 5) is 56.3. The van der Waals surface area contributed by atoms with Crippen LogP contribution in [0.3, 0.4) is 0 Å². The minimum atomic E-state index is -3.54. The Labute approximate surface area is 307 Å². The van der Waals surface area contributed by atoms with Crippen molar-refractivity contribution in [3.8, 4) is 5.75 Å². The zero-order valence-electron chi connectivity index (χ0n) is 32.3. The Morgan fingerprint density at radius 2 is 1.60 bits per heavy atom. The minimum Gasteiger partial charge on any atom is -0.497 e. The maximum atomic E-state index is 14.3. The summed E-state index contributed by atoms with van der Waals surface area (Å²) < 4.78 is 57.9. The molecule has 1 aromatic rings. The van der Waals surface area contributed by atoms with E-state index < -0.39 is 81.6 Å². The first-order valence-corrected chi connectivity index (χ1v) is 19.4. The lowest BCUT2D eigenvalue weighted by Gasteiger charge is -2.39. The van der Waals surface area contributed by atoms with Crippen LogP contribution >= 0.6 is 0 Å². The molecule has 6 atom stereocenters. The highest BCUT2D eigenvalue weighted by Gasteiger charge is 2.70. The molecule has 294 valence electrons. The molecule has 52 heavy (non-hydrogen) atoms. The number of ether oxygens (including phenoxy) is 1. The number of methoxy groups -OCH3 is 1. The Morgan fingerprint density at radius 1 is 1.00 bits per heavy atom. The number of rotatable bonds is 15. The van der Waals surface area contributed by atoms with Gasteiger partial charge in [-0.1, -0.05) is 67.5 Å². The molecule has 4 N–H and O–H groups in total. The van der Waals surface area contributed by atoms with Crippen LogP contribution in [0.2, 0.25) is 0 Å². The van der Waals surface area contributed by atoms with Crippen LogP contribution in [0, 0.1) is 28.1 Å². The van der Waals surface area contributed by atoms with Gasteiger partial charge in [-0.25, -0.2) is 26.3 Å². The van der Waals surface area contributed by atoms with E-state index in [9.17, 15) is 36.4 Å². The second kappa shape index (κ2) is 16.2. The number of amides is 5. The summed E-state index contributed by atoms with van der Waals surface area (Å²) in [5.41, 5.74) is -0.811. The molecule has 2 fully saturated rings. The van der Waals surface area contributed by atoms with E-state index in [0.717, 1.165) is 16.1 Å². The lowest BCUT2D eigenvalue weighted by Crippen LogP contribution is -2.62. The van der Waals surface area contributed by atoms with Crippen molar-refractivity contribution in [3.05, 3.63) is 29.8 Å². The van der Waals surface area contributed by atoms with Crippen molar-refractivity contribution in [1.29, 1.82) is 0 Å². The molecule has 1 aliphatic carbocycles. The molecule has 1 saturated heterocycles. The monoisotopic (exact) mass is 756 g/mol. The summed E-state index contributed by atoms with van der Waals surface area (Å²) in [6.07, 6.45) is -2.30. The Bertz CT molecular complexity index is 1560. The van der Waals surface area contributed by atoms with Crippen LogP contribution in [0.5, 0.6) is 5.75 Å². The molecule has 1 aliphatic heterocycles. The molecule has 3 rings (SSSR count). The maximum Gasteiger partial charge on any atom is 0.315 e. The summed E-state index contributed by atoms with van der Waals surface area (Å²) in [6, 6.07) is 2.17. The van der Waals surface area contributed by atoms with Crippen LogP contribution < -0.4 is 26.0 Å². The highest BCUT2D eigenvalue weighted by atomic mass is 32.2. The average molecular weight is 757 g/mol. The van der Waals surface area contributed by atoms with E-state index >= 15 is 0 Å². The number of hydrogen-bond acceptors (Lipinski definition) is 7. The zero-order valence-corrected chi connectivity index (χ0v) is 33.1. The van der Waals surface area contributed by atoms with Crippen LogP contribution in [-0.2, 0) is 30.8 Å². The molecule has 5 amide bonds. The molecule has 2 aliphatic rings. The second-order valence-electron chi connectivity index (χ2n) is 16.8. The number of hydrogen-bond donors (Lipinski definition) is 4. The summed E-state index contributed by atoms with van der Waals surface area (Å²) in [6.45, 7) is 15.1. The lowest BCUT2D eigenvalue weighted by atomic mass is 9.85. The van der Waals surface area contributed by atoms with Gasteiger partial charge >= 0.3 is 6.03 Å². The van der Waals surface area contributed by atoms with Crippen LogP contribution in [-0.4, -0.2) is 112 Å². The van der Waals surface area contributed by atoms with Crippen molar-refractivity contribution < 1.29 is 41.1 Å². The number of nitrogens with zero attached hydrogens (tertiary/aromatic N) is 2. The average Bonchev–Trinajstić information content (AvgIpc) is 3.32. The van der Waals surface area contributed by atoms with Gasteiger partial charge in [-0.2, -0.15) is 0 Å². The number of piperidine rings is 1. The number of carbonyl (C=O) groups excluding carboxylic acids is 4. The number of alkyl halides is 2. The fourth-order valence-corrected chi connectivity index (χ4v) is 7.22. The Morgan fingerprint density at radius 3 is 2.10 bits per heavy atom. The third-order valence-electron chi connectivity index (χ3n) is 10.4. The number of benzene rings is 1. The quantitative estimate of drug-likeness (QED) is 0.214. The first-order chi connectivity index (χ1) is 23.8. The van der Waals surface area contributed by atoms with E-state index in [2.05, 4.69) is 21.3 Å². The molecular weight excluding hydrogens is 698 g/mol. The highest BCUT2D eigenvalue weighted by Crippen LogP contribution is 2.65. The number of fused-ring (bicyclic) bond motifs is 1. The number of halogens is 2. The van der Waals surface area contributed by atoms with Gasteiger partial charge in [-0.15, -0.1) is 0 Å². The van der Waals surface area contributed by atoms with Crippen molar-refractivity contribution >= 4 is 33.8 Å². The molecule has 0 spiro atoms. The second-order valence-corrected chi connectivity index (χ2v) is 18.9. The summed E-state index contributed by atoms with van der Waals surface area (Å²) in [5, 5.41) is 10.8. The van der Waals surface area contributed by atoms with Gasteiger partial charge in [0.1, 0.15) is 23.9 Å². The molecule has 0 bridgehead atoms. The first-order valence-electron chi connectivity index (χ1n) is 17.6. The molecule has 1 saturated carbocycles. The van der Waals surface area contributed by atoms with E-state index in [1.807, 2.05) is 46.8 Å². The van der Waals surface area contributed by atoms with Crippen LogP contribution in [0.15, 0.2) is 24.3 Å². The van der Waals surface area contributed by atoms with E-state index in [0.29, 0.717) is 12.2 Å². The fourth-order valence-electron chi connectivity index (χ4n) is 6.80. The summed E-state index contributed by atoms with van der Waals surface area (Å²) in [5.74, 6) is -1.66. The predicted octanol–water partition coefficient (Wildman–Crippen LogP) is 3.00. The SMILES string of the molecule is COc1ccc(CCNC(=O)[C@H](CC(F)F)NC(=O)[C@@H]2[C@@H]3[C@H](CN2C(=O)[C@@H](NC(=O)N[C@H](CN(C)S(C)(=O)=O)C(C)(C)C)C(C)(C)C)C3(C)C)cc1. The molecule has 16 heteroatoms. The molecule has 1 aromatic carbocycles. The van der Waals surface area contributed by atoms with Gasteiger partial charge in [0.2, 0.25) is 34.2 Å². The third kappa shape index (κ3) is 10.8. The van der Waals surface area contributed by atoms with E-state index in [1.54, 1.807) is 40.0 Å². The smallest absolute Gasteiger partial charge is 0.315 e. The molecule has 13 nitrogen and oxygen atoms in total. The summed E-state index contributed by atoms with van der Waals surface area (Å²) in [7, 11) is -0.574. The number of likely N-dealkylation sites (N-methyl/N-ethyl adjacent to an activating group) is 1. The number of sulfonamides is 1. The Balaban J connectivity index is 1.78. The topological polar surface area (TPSA) is 166 Å². The van der Waals surface area contributed by atoms with E-state index in [1.165, 1.54) is 11.9 Å². The number of carbonyl (C=O) groups is 4. The standard InChI is InChI=1S/C36H58F2N6O7S/c1-34(2,3)25(20-43(9)52(11,49)50)41-33(48)42-29(35(4,5)6)32(47)44-19-23-27(36(23,7)8)28(44)31(46)40-24(18-26(37)38)30(45)39-17-16-21-12-14-22(51-10)15-13-21/h12-15,23-29H,16-20H2,1-11H3,(H,39,45)(H,40,46)(H2,41,42,48)/t23-,24-,25+,27-,28-,29+/m0/s1. The number of nitrogens with one attached hydrogen (secondary N) is 4. The van der Waals surface area contributed by atoms with Gasteiger partial charge in [0.25, 0.3) is 0 Å². The lowest BCUT2D eigenvalue weighted by molar-refractivity contribution is -0.144. The minimum absolute atomic E-state index is 0.00839. The zero-order chi connectivity index (χ0) is 39.6. The van der Waals surface area contributed by atoms with Crippen molar-refractivity contribution in [2.24, 2.45) is 28.1 Å². The molecule has 0 aromatic heterocycles. The van der Waals surface area contributed by atoms with Gasteiger partial charge in [-0.3, -0.25) is 14.4 Å². The van der Waals surface area contributed by atoms with Gasteiger partial charge in [0.05, 0.1) is 13.4 Å². The Hall–Kier alpha value is -3.53. The van der Waals surface area contributed by atoms with E-state index in [-0.39, 0.29) is 36.9 Å². The largest absolute Gasteiger partial charge is 0.497 e. The van der Waals surface area contributed by atoms with Gasteiger partial charge in [0.15, 0.2) is 0 Å². The van der Waals surface area contributed by atoms with Crippen LogP contribution in [0.4, 0.5) is 13.6 Å². The van der Waals surface area contributed by atoms with Crippen LogP contribution in [0.1, 0.15) is 67.4 Å². The third-order valence-corrected chi connectivity index (χ3v) is 11.7. The molecular formula is C36H58F2N6O7S. The first kappa shape index (κ1) is 42.9. The van der Waals surface area contributed by atoms with Crippen molar-refractivity contribution in [2.75, 3.05) is 40.0 Å². The van der Waals surface area contributed by atoms with Crippen molar-refractivity contribution in [1.82, 2.24) is 30.5 Å². The van der Waals surface area contributed by atoms with Crippen molar-refractivity contribution in [2.45, 2.75) is 98.8 Å². The predicted molar refractivity (Wildman–Crippen MR) is 194 cm³/mol. The molecule has 1 heterocycles. The highest BCUT2D eigenvalue weighted by molar-refractivity contribution is 7.88. The van der Waals surface area contributed by atoms with Crippen LogP contribution in [0.25, 0.3) is 0 Å².